The molecule has 4 nitrogen and oxygen atoms in total. The molecule has 0 aliphatic rings. The molecule has 0 aliphatic carbocycles. The summed E-state index contributed by atoms with van der Waals surface area (Å²) in [4.78, 5) is 9.11. The fraction of sp³-hybridized carbons (Fsp3) is 0.385. The Labute approximate surface area is 180 Å². The topological polar surface area (TPSA) is 44.2 Å². The van der Waals surface area contributed by atoms with E-state index in [4.69, 9.17) is 9.47 Å². The molecule has 0 fully saturated rings. The molecule has 1 aromatic heterocycles. The van der Waals surface area contributed by atoms with Crippen molar-refractivity contribution in [2.24, 2.45) is 0 Å². The Morgan fingerprint density at radius 2 is 1.33 bits per heavy atom. The zero-order valence-corrected chi connectivity index (χ0v) is 18.1. The number of methoxy groups -OCH3 is 1. The molecule has 4 heteroatoms. The fourth-order valence-electron chi connectivity index (χ4n) is 3.33. The standard InChI is InChI=1S/C26H32N2O2/c1-3-4-5-6-7-8-9-22-18-27-26(28-19-22)23-12-16-25(17-13-23)30-20-21-10-14-24(29-2)15-11-21/h10-19H,3-9,20H2,1-2H3. The van der Waals surface area contributed by atoms with Crippen LogP contribution in [0.15, 0.2) is 60.9 Å². The maximum Gasteiger partial charge on any atom is 0.159 e. The summed E-state index contributed by atoms with van der Waals surface area (Å²) < 4.78 is 11.1. The Morgan fingerprint density at radius 1 is 0.700 bits per heavy atom. The van der Waals surface area contributed by atoms with Gasteiger partial charge in [0, 0.05) is 18.0 Å². The van der Waals surface area contributed by atoms with Gasteiger partial charge in [0.05, 0.1) is 7.11 Å². The average Bonchev–Trinajstić information content (AvgIpc) is 2.81. The van der Waals surface area contributed by atoms with Crippen LogP contribution in [-0.4, -0.2) is 17.1 Å². The predicted octanol–water partition coefficient (Wildman–Crippen LogP) is 6.63. The molecule has 0 saturated carbocycles. The van der Waals surface area contributed by atoms with Gasteiger partial charge >= 0.3 is 0 Å². The second-order valence-corrected chi connectivity index (χ2v) is 7.59. The first-order valence-electron chi connectivity index (χ1n) is 11.0. The molecule has 1 heterocycles. The molecule has 30 heavy (non-hydrogen) atoms. The molecule has 3 aromatic rings. The van der Waals surface area contributed by atoms with Gasteiger partial charge < -0.3 is 9.47 Å². The van der Waals surface area contributed by atoms with Crippen molar-refractivity contribution < 1.29 is 9.47 Å². The van der Waals surface area contributed by atoms with Crippen molar-refractivity contribution in [1.82, 2.24) is 9.97 Å². The van der Waals surface area contributed by atoms with Crippen molar-refractivity contribution in [2.45, 2.75) is 58.5 Å². The van der Waals surface area contributed by atoms with Crippen LogP contribution >= 0.6 is 0 Å². The summed E-state index contributed by atoms with van der Waals surface area (Å²) in [5.74, 6) is 2.43. The number of aryl methyl sites for hydroxylation is 1. The monoisotopic (exact) mass is 404 g/mol. The van der Waals surface area contributed by atoms with Crippen LogP contribution in [0.4, 0.5) is 0 Å². The number of aromatic nitrogens is 2. The third kappa shape index (κ3) is 6.87. The normalized spacial score (nSPS) is 10.7. The van der Waals surface area contributed by atoms with E-state index in [1.807, 2.05) is 60.9 Å². The quantitative estimate of drug-likeness (QED) is 0.318. The molecular weight excluding hydrogens is 372 g/mol. The fourth-order valence-corrected chi connectivity index (χ4v) is 3.33. The summed E-state index contributed by atoms with van der Waals surface area (Å²) >= 11 is 0. The number of unbranched alkanes of at least 4 members (excludes halogenated alkanes) is 5. The van der Waals surface area contributed by atoms with E-state index in [1.165, 1.54) is 44.1 Å². The van der Waals surface area contributed by atoms with Gasteiger partial charge in [-0.3, -0.25) is 0 Å². The molecule has 0 unspecified atom stereocenters. The van der Waals surface area contributed by atoms with Gasteiger partial charge in [-0.15, -0.1) is 0 Å². The minimum atomic E-state index is 0.521. The highest BCUT2D eigenvalue weighted by Crippen LogP contribution is 2.21. The van der Waals surface area contributed by atoms with Crippen LogP contribution in [0, 0.1) is 0 Å². The van der Waals surface area contributed by atoms with Gasteiger partial charge in [0.15, 0.2) is 5.82 Å². The van der Waals surface area contributed by atoms with Crippen molar-refractivity contribution in [3.63, 3.8) is 0 Å². The predicted molar refractivity (Wildman–Crippen MR) is 122 cm³/mol. The van der Waals surface area contributed by atoms with E-state index >= 15 is 0 Å². The van der Waals surface area contributed by atoms with Crippen LogP contribution in [0.5, 0.6) is 11.5 Å². The summed E-state index contributed by atoms with van der Waals surface area (Å²) in [6.07, 6.45) is 12.8. The number of ether oxygens (including phenoxy) is 2. The van der Waals surface area contributed by atoms with E-state index in [9.17, 15) is 0 Å². The van der Waals surface area contributed by atoms with E-state index in [2.05, 4.69) is 16.9 Å². The Morgan fingerprint density at radius 3 is 2.00 bits per heavy atom. The lowest BCUT2D eigenvalue weighted by atomic mass is 10.1. The molecule has 0 bridgehead atoms. The SMILES string of the molecule is CCCCCCCCc1cnc(-c2ccc(OCc3ccc(OC)cc3)cc2)nc1. The molecule has 0 saturated heterocycles. The zero-order valence-electron chi connectivity index (χ0n) is 18.1. The zero-order chi connectivity index (χ0) is 21.0. The van der Waals surface area contributed by atoms with Gasteiger partial charge in [-0.1, -0.05) is 51.2 Å². The van der Waals surface area contributed by atoms with Crippen molar-refractivity contribution in [3.05, 3.63) is 72.1 Å². The molecule has 0 aliphatic heterocycles. The Bertz CT molecular complexity index is 859. The highest BCUT2D eigenvalue weighted by Gasteiger charge is 2.04. The minimum Gasteiger partial charge on any atom is -0.497 e. The van der Waals surface area contributed by atoms with E-state index in [0.717, 1.165) is 34.9 Å². The largest absolute Gasteiger partial charge is 0.497 e. The second kappa shape index (κ2) is 12.0. The van der Waals surface area contributed by atoms with Gasteiger partial charge in [-0.2, -0.15) is 0 Å². The lowest BCUT2D eigenvalue weighted by molar-refractivity contribution is 0.306. The van der Waals surface area contributed by atoms with E-state index < -0.39 is 0 Å². The van der Waals surface area contributed by atoms with Crippen molar-refractivity contribution in [1.29, 1.82) is 0 Å². The first-order valence-corrected chi connectivity index (χ1v) is 11.0. The van der Waals surface area contributed by atoms with Crippen molar-refractivity contribution in [2.75, 3.05) is 7.11 Å². The summed E-state index contributed by atoms with van der Waals surface area (Å²) in [7, 11) is 1.67. The van der Waals surface area contributed by atoms with Crippen LogP contribution in [0.1, 0.15) is 56.6 Å². The molecule has 0 atom stereocenters. The van der Waals surface area contributed by atoms with Gasteiger partial charge in [0.1, 0.15) is 18.1 Å². The smallest absolute Gasteiger partial charge is 0.159 e. The Kier molecular flexibility index (Phi) is 8.70. The third-order valence-electron chi connectivity index (χ3n) is 5.20. The molecule has 0 spiro atoms. The van der Waals surface area contributed by atoms with E-state index in [1.54, 1.807) is 7.11 Å². The molecule has 0 amide bonds. The second-order valence-electron chi connectivity index (χ2n) is 7.59. The number of nitrogens with zero attached hydrogens (tertiary/aromatic N) is 2. The first kappa shape index (κ1) is 21.8. The maximum absolute atomic E-state index is 5.87. The lowest BCUT2D eigenvalue weighted by Crippen LogP contribution is -1.96. The maximum atomic E-state index is 5.87. The molecular formula is C26H32N2O2. The molecule has 2 aromatic carbocycles. The molecule has 158 valence electrons. The number of hydrogen-bond donors (Lipinski definition) is 0. The highest BCUT2D eigenvalue weighted by atomic mass is 16.5. The van der Waals surface area contributed by atoms with Gasteiger partial charge in [0.2, 0.25) is 0 Å². The van der Waals surface area contributed by atoms with E-state index in [0.29, 0.717) is 6.61 Å². The van der Waals surface area contributed by atoms with Crippen molar-refractivity contribution >= 4 is 0 Å². The van der Waals surface area contributed by atoms with Crippen LogP contribution in [0.25, 0.3) is 11.4 Å². The number of benzene rings is 2. The Hall–Kier alpha value is -2.88. The van der Waals surface area contributed by atoms with Gasteiger partial charge in [-0.25, -0.2) is 9.97 Å². The van der Waals surface area contributed by atoms with Gasteiger partial charge in [-0.05, 0) is 60.4 Å². The number of rotatable bonds is 12. The highest BCUT2D eigenvalue weighted by molar-refractivity contribution is 5.55. The van der Waals surface area contributed by atoms with E-state index in [-0.39, 0.29) is 0 Å². The van der Waals surface area contributed by atoms with Crippen LogP contribution in [0.3, 0.4) is 0 Å². The summed E-state index contributed by atoms with van der Waals surface area (Å²) in [6.45, 7) is 2.77. The summed E-state index contributed by atoms with van der Waals surface area (Å²) in [6, 6.07) is 15.8. The molecule has 0 radical (unpaired) electrons. The molecule has 3 rings (SSSR count). The minimum absolute atomic E-state index is 0.521. The average molecular weight is 405 g/mol. The third-order valence-corrected chi connectivity index (χ3v) is 5.20. The van der Waals surface area contributed by atoms with Crippen molar-refractivity contribution in [3.8, 4) is 22.9 Å². The lowest BCUT2D eigenvalue weighted by Gasteiger charge is -2.08. The summed E-state index contributed by atoms with van der Waals surface area (Å²) in [5, 5.41) is 0. The number of hydrogen-bond acceptors (Lipinski definition) is 4. The van der Waals surface area contributed by atoms with Crippen LogP contribution in [0.2, 0.25) is 0 Å². The summed E-state index contributed by atoms with van der Waals surface area (Å²) in [5.41, 5.74) is 3.32. The van der Waals surface area contributed by atoms with Crippen LogP contribution in [-0.2, 0) is 13.0 Å². The Balaban J connectivity index is 1.46. The van der Waals surface area contributed by atoms with Gasteiger partial charge in [0.25, 0.3) is 0 Å². The molecule has 0 N–H and O–H groups in total. The first-order chi connectivity index (χ1) is 14.8. The van der Waals surface area contributed by atoms with Crippen LogP contribution < -0.4 is 9.47 Å².